The fourth-order valence-corrected chi connectivity index (χ4v) is 3.19. The van der Waals surface area contributed by atoms with Crippen LogP contribution in [0.15, 0.2) is 36.8 Å². The summed E-state index contributed by atoms with van der Waals surface area (Å²) < 4.78 is 2.51. The first-order chi connectivity index (χ1) is 10.1. The molecule has 0 saturated carbocycles. The summed E-state index contributed by atoms with van der Waals surface area (Å²) in [4.78, 5) is 9.29. The quantitative estimate of drug-likeness (QED) is 0.758. The van der Waals surface area contributed by atoms with Crippen LogP contribution in [0.2, 0.25) is 9.49 Å². The molecule has 0 spiro atoms. The summed E-state index contributed by atoms with van der Waals surface area (Å²) in [6.07, 6.45) is 5.42. The van der Waals surface area contributed by atoms with E-state index in [2.05, 4.69) is 15.3 Å². The molecule has 21 heavy (non-hydrogen) atoms. The van der Waals surface area contributed by atoms with Crippen molar-refractivity contribution in [2.45, 2.75) is 13.5 Å². The zero-order valence-electron chi connectivity index (χ0n) is 11.2. The van der Waals surface area contributed by atoms with E-state index < -0.39 is 0 Å². The second-order valence-corrected chi connectivity index (χ2v) is 6.55. The van der Waals surface area contributed by atoms with Crippen molar-refractivity contribution in [2.75, 3.05) is 5.32 Å². The maximum absolute atomic E-state index is 6.36. The first-order valence-corrected chi connectivity index (χ1v) is 7.84. The molecule has 2 aromatic heterocycles. The Balaban J connectivity index is 1.77. The van der Waals surface area contributed by atoms with Gasteiger partial charge in [0.15, 0.2) is 4.47 Å². The molecule has 108 valence electrons. The molecule has 0 bridgehead atoms. The Morgan fingerprint density at radius 3 is 2.76 bits per heavy atom. The highest BCUT2D eigenvalue weighted by Crippen LogP contribution is 2.26. The van der Waals surface area contributed by atoms with Gasteiger partial charge in [-0.25, -0.2) is 9.97 Å². The highest BCUT2D eigenvalue weighted by atomic mass is 35.5. The summed E-state index contributed by atoms with van der Waals surface area (Å²) in [5, 5.41) is 3.97. The monoisotopic (exact) mass is 338 g/mol. The summed E-state index contributed by atoms with van der Waals surface area (Å²) in [7, 11) is 0. The van der Waals surface area contributed by atoms with Gasteiger partial charge in [-0.2, -0.15) is 0 Å². The molecule has 0 saturated heterocycles. The van der Waals surface area contributed by atoms with Crippen LogP contribution in [-0.4, -0.2) is 14.5 Å². The second-order valence-electron chi connectivity index (χ2n) is 4.44. The minimum absolute atomic E-state index is 0.552. The van der Waals surface area contributed by atoms with E-state index in [1.807, 2.05) is 35.9 Å². The van der Waals surface area contributed by atoms with E-state index in [0.29, 0.717) is 16.0 Å². The van der Waals surface area contributed by atoms with Crippen molar-refractivity contribution in [3.8, 4) is 5.69 Å². The Kier molecular flexibility index (Phi) is 4.14. The Bertz CT molecular complexity index is 766. The van der Waals surface area contributed by atoms with Crippen molar-refractivity contribution < 1.29 is 0 Å². The smallest absolute Gasteiger partial charge is 0.183 e. The van der Waals surface area contributed by atoms with E-state index in [0.717, 1.165) is 22.1 Å². The van der Waals surface area contributed by atoms with Gasteiger partial charge in [-0.1, -0.05) is 23.2 Å². The zero-order chi connectivity index (χ0) is 14.8. The number of thiazole rings is 1. The number of aryl methyl sites for hydroxylation is 1. The number of nitrogens with one attached hydrogen (secondary N) is 1. The van der Waals surface area contributed by atoms with Gasteiger partial charge in [0.05, 0.1) is 17.3 Å². The van der Waals surface area contributed by atoms with Crippen molar-refractivity contribution >= 4 is 40.2 Å². The average Bonchev–Trinajstić information content (AvgIpc) is 3.06. The van der Waals surface area contributed by atoms with E-state index in [4.69, 9.17) is 23.2 Å². The van der Waals surface area contributed by atoms with Crippen LogP contribution in [-0.2, 0) is 6.54 Å². The van der Waals surface area contributed by atoms with Gasteiger partial charge in [0.25, 0.3) is 0 Å². The third-order valence-electron chi connectivity index (χ3n) is 3.03. The van der Waals surface area contributed by atoms with E-state index in [1.54, 1.807) is 12.4 Å². The lowest BCUT2D eigenvalue weighted by atomic mass is 10.2. The van der Waals surface area contributed by atoms with Crippen LogP contribution >= 0.6 is 34.5 Å². The van der Waals surface area contributed by atoms with Crippen LogP contribution in [0.3, 0.4) is 0 Å². The van der Waals surface area contributed by atoms with Crippen molar-refractivity contribution in [3.63, 3.8) is 0 Å². The van der Waals surface area contributed by atoms with Gasteiger partial charge in [0.2, 0.25) is 0 Å². The van der Waals surface area contributed by atoms with Gasteiger partial charge in [-0.05, 0) is 25.1 Å². The van der Waals surface area contributed by atoms with E-state index >= 15 is 0 Å². The number of benzene rings is 1. The number of hydrogen-bond acceptors (Lipinski definition) is 4. The first-order valence-electron chi connectivity index (χ1n) is 6.27. The predicted octanol–water partition coefficient (Wildman–Crippen LogP) is 4.56. The van der Waals surface area contributed by atoms with Gasteiger partial charge >= 0.3 is 0 Å². The Hall–Kier alpha value is -1.56. The molecule has 4 nitrogen and oxygen atoms in total. The van der Waals surface area contributed by atoms with Crippen LogP contribution in [0, 0.1) is 6.92 Å². The third-order valence-corrected chi connectivity index (χ3v) is 4.44. The Morgan fingerprint density at radius 2 is 2.14 bits per heavy atom. The van der Waals surface area contributed by atoms with E-state index in [9.17, 15) is 0 Å². The fraction of sp³-hybridized carbons (Fsp3) is 0.143. The topological polar surface area (TPSA) is 42.7 Å². The molecule has 0 unspecified atom stereocenters. The Morgan fingerprint density at radius 1 is 1.29 bits per heavy atom. The van der Waals surface area contributed by atoms with Crippen molar-refractivity contribution in [2.24, 2.45) is 0 Å². The largest absolute Gasteiger partial charge is 0.380 e. The van der Waals surface area contributed by atoms with Crippen molar-refractivity contribution in [3.05, 3.63) is 57.0 Å². The van der Waals surface area contributed by atoms with E-state index in [1.165, 1.54) is 11.3 Å². The summed E-state index contributed by atoms with van der Waals surface area (Å²) in [6.45, 7) is 2.61. The molecule has 0 atom stereocenters. The zero-order valence-corrected chi connectivity index (χ0v) is 13.5. The molecule has 1 N–H and O–H groups in total. The molecule has 3 rings (SSSR count). The molecule has 2 heterocycles. The van der Waals surface area contributed by atoms with Gasteiger partial charge < -0.3 is 9.88 Å². The lowest BCUT2D eigenvalue weighted by molar-refractivity contribution is 0.975. The maximum Gasteiger partial charge on any atom is 0.183 e. The second kappa shape index (κ2) is 6.05. The molecule has 3 aromatic rings. The van der Waals surface area contributed by atoms with Crippen molar-refractivity contribution in [1.82, 2.24) is 14.5 Å². The number of nitrogens with zero attached hydrogens (tertiary/aromatic N) is 3. The number of halogens is 2. The van der Waals surface area contributed by atoms with Gasteiger partial charge in [-0.3, -0.25) is 0 Å². The van der Waals surface area contributed by atoms with Crippen LogP contribution in [0.1, 0.15) is 10.7 Å². The number of aromatic nitrogens is 3. The van der Waals surface area contributed by atoms with Crippen LogP contribution in [0.5, 0.6) is 0 Å². The van der Waals surface area contributed by atoms with Crippen molar-refractivity contribution in [1.29, 1.82) is 0 Å². The minimum atomic E-state index is 0.552. The SMILES string of the molecule is Cc1nccn1-c1ccc(NCc2cnc(Cl)s2)cc1Cl. The number of imidazole rings is 1. The van der Waals surface area contributed by atoms with Gasteiger partial charge in [-0.15, -0.1) is 11.3 Å². The predicted molar refractivity (Wildman–Crippen MR) is 87.8 cm³/mol. The molecular weight excluding hydrogens is 327 g/mol. The number of hydrogen-bond donors (Lipinski definition) is 1. The molecule has 0 aliphatic carbocycles. The highest BCUT2D eigenvalue weighted by Gasteiger charge is 2.07. The van der Waals surface area contributed by atoms with Crippen LogP contribution < -0.4 is 5.32 Å². The average molecular weight is 339 g/mol. The highest BCUT2D eigenvalue weighted by molar-refractivity contribution is 7.15. The minimum Gasteiger partial charge on any atom is -0.380 e. The van der Waals surface area contributed by atoms with Crippen LogP contribution in [0.4, 0.5) is 5.69 Å². The lowest BCUT2D eigenvalue weighted by Gasteiger charge is -2.10. The maximum atomic E-state index is 6.36. The van der Waals surface area contributed by atoms with E-state index in [-0.39, 0.29) is 0 Å². The number of rotatable bonds is 4. The summed E-state index contributed by atoms with van der Waals surface area (Å²) in [6, 6.07) is 5.86. The fourth-order valence-electron chi connectivity index (χ4n) is 2.00. The normalized spacial score (nSPS) is 10.8. The molecule has 7 heteroatoms. The molecule has 0 aliphatic heterocycles. The molecule has 0 radical (unpaired) electrons. The molecule has 0 aliphatic rings. The summed E-state index contributed by atoms with van der Waals surface area (Å²) in [5.41, 5.74) is 1.86. The lowest BCUT2D eigenvalue weighted by Crippen LogP contribution is -2.00. The van der Waals surface area contributed by atoms with Gasteiger partial charge in [0.1, 0.15) is 5.82 Å². The third kappa shape index (κ3) is 3.20. The Labute approximate surface area is 136 Å². The molecular formula is C14H12Cl2N4S. The number of anilines is 1. The summed E-state index contributed by atoms with van der Waals surface area (Å²) in [5.74, 6) is 0.900. The molecule has 0 fully saturated rings. The molecule has 1 aromatic carbocycles. The first kappa shape index (κ1) is 14.4. The van der Waals surface area contributed by atoms with Crippen LogP contribution in [0.25, 0.3) is 5.69 Å². The summed E-state index contributed by atoms with van der Waals surface area (Å²) >= 11 is 13.6. The van der Waals surface area contributed by atoms with Gasteiger partial charge in [0, 0.05) is 29.2 Å². The standard InChI is InChI=1S/C14H12Cl2N4S/c1-9-17-4-5-20(9)13-3-2-10(6-12(13)15)18-7-11-8-19-14(16)21-11/h2-6,8,18H,7H2,1H3. The molecule has 0 amide bonds.